The van der Waals surface area contributed by atoms with E-state index < -0.39 is 5.97 Å². The topological polar surface area (TPSA) is 88.5 Å². The molecule has 0 atom stereocenters. The molecule has 2 rings (SSSR count). The molecular formula is C14H18N2O4. The number of nitrogens with zero attached hydrogens (tertiary/aromatic N) is 1. The lowest BCUT2D eigenvalue weighted by Crippen LogP contribution is -2.26. The second kappa shape index (κ2) is 6.88. The molecule has 0 bridgehead atoms. The van der Waals surface area contributed by atoms with E-state index in [2.05, 4.69) is 10.3 Å². The molecule has 0 aromatic carbocycles. The number of nitrogens with one attached hydrogen (secondary N) is 1. The first-order valence-corrected chi connectivity index (χ1v) is 6.78. The molecule has 6 nitrogen and oxygen atoms in total. The lowest BCUT2D eigenvalue weighted by atomic mass is 9.96. The number of carbonyl (C=O) groups excluding carboxylic acids is 1. The summed E-state index contributed by atoms with van der Waals surface area (Å²) < 4.78 is 5.63. The van der Waals surface area contributed by atoms with E-state index >= 15 is 0 Å². The second-order valence-corrected chi connectivity index (χ2v) is 4.81. The Morgan fingerprint density at radius 1 is 1.45 bits per heavy atom. The van der Waals surface area contributed by atoms with E-state index in [1.165, 1.54) is 6.42 Å². The largest absolute Gasteiger partial charge is 0.481 e. The highest BCUT2D eigenvalue weighted by atomic mass is 16.5. The number of aliphatic carboxylic acids is 1. The molecule has 6 heteroatoms. The first-order valence-electron chi connectivity index (χ1n) is 6.78. The van der Waals surface area contributed by atoms with Gasteiger partial charge in [-0.3, -0.25) is 9.59 Å². The second-order valence-electron chi connectivity index (χ2n) is 4.81. The van der Waals surface area contributed by atoms with Crippen LogP contribution in [0.5, 0.6) is 5.88 Å². The summed E-state index contributed by atoms with van der Waals surface area (Å²) in [7, 11) is 0. The lowest BCUT2D eigenvalue weighted by molar-refractivity contribution is -0.137. The zero-order valence-electron chi connectivity index (χ0n) is 11.2. The van der Waals surface area contributed by atoms with Crippen molar-refractivity contribution in [3.63, 3.8) is 0 Å². The lowest BCUT2D eigenvalue weighted by Gasteiger charge is -2.25. The highest BCUT2D eigenvalue weighted by Crippen LogP contribution is 2.24. The summed E-state index contributed by atoms with van der Waals surface area (Å²) in [4.78, 5) is 26.3. The number of amides is 1. The number of carboxylic acid groups (broad SMARTS) is 1. The zero-order chi connectivity index (χ0) is 14.4. The van der Waals surface area contributed by atoms with Crippen molar-refractivity contribution in [2.75, 3.05) is 6.54 Å². The van der Waals surface area contributed by atoms with Gasteiger partial charge < -0.3 is 15.2 Å². The van der Waals surface area contributed by atoms with Gasteiger partial charge in [-0.05, 0) is 31.7 Å². The van der Waals surface area contributed by atoms with Gasteiger partial charge in [-0.25, -0.2) is 4.98 Å². The third-order valence-electron chi connectivity index (χ3n) is 3.19. The predicted octanol–water partition coefficient (Wildman–Crippen LogP) is 1.61. The van der Waals surface area contributed by atoms with Crippen LogP contribution in [0.1, 0.15) is 42.5 Å². The van der Waals surface area contributed by atoms with Gasteiger partial charge in [0.1, 0.15) is 6.10 Å². The van der Waals surface area contributed by atoms with Crippen LogP contribution < -0.4 is 10.1 Å². The molecule has 1 heterocycles. The van der Waals surface area contributed by atoms with Crippen molar-refractivity contribution in [3.05, 3.63) is 23.9 Å². The zero-order valence-corrected chi connectivity index (χ0v) is 11.2. The summed E-state index contributed by atoms with van der Waals surface area (Å²) in [5.41, 5.74) is 0.477. The molecule has 0 saturated heterocycles. The Morgan fingerprint density at radius 2 is 2.25 bits per heavy atom. The minimum Gasteiger partial charge on any atom is -0.481 e. The number of hydrogen-bond acceptors (Lipinski definition) is 4. The predicted molar refractivity (Wildman–Crippen MR) is 71.7 cm³/mol. The van der Waals surface area contributed by atoms with Gasteiger partial charge in [0.2, 0.25) is 5.88 Å². The summed E-state index contributed by atoms with van der Waals surface area (Å²) in [6.07, 6.45) is 5.47. The van der Waals surface area contributed by atoms with Crippen LogP contribution in [-0.2, 0) is 4.79 Å². The van der Waals surface area contributed by atoms with Crippen molar-refractivity contribution in [2.24, 2.45) is 0 Å². The molecule has 0 aliphatic heterocycles. The summed E-state index contributed by atoms with van der Waals surface area (Å²) in [5, 5.41) is 11.2. The standard InChI is InChI=1S/C14H18N2O4/c17-13(18)5-2-7-16-14(19)10-6-8-15-12(9-10)20-11-3-1-4-11/h6,8-9,11H,1-5,7H2,(H,16,19)(H,17,18). The number of rotatable bonds is 7. The van der Waals surface area contributed by atoms with Crippen molar-refractivity contribution in [1.29, 1.82) is 0 Å². The van der Waals surface area contributed by atoms with Crippen LogP contribution in [0.2, 0.25) is 0 Å². The third kappa shape index (κ3) is 4.22. The molecule has 2 N–H and O–H groups in total. The maximum absolute atomic E-state index is 11.9. The fourth-order valence-corrected chi connectivity index (χ4v) is 1.82. The maximum Gasteiger partial charge on any atom is 0.303 e. The van der Waals surface area contributed by atoms with Crippen molar-refractivity contribution in [2.45, 2.75) is 38.2 Å². The summed E-state index contributed by atoms with van der Waals surface area (Å²) in [5.74, 6) is -0.636. The Labute approximate surface area is 117 Å². The number of ether oxygens (including phenoxy) is 1. The number of carboxylic acids is 1. The first-order chi connectivity index (χ1) is 9.65. The van der Waals surface area contributed by atoms with Crippen LogP contribution in [0.4, 0.5) is 0 Å². The van der Waals surface area contributed by atoms with Gasteiger partial charge in [0, 0.05) is 30.8 Å². The van der Waals surface area contributed by atoms with Crippen molar-refractivity contribution in [3.8, 4) is 5.88 Å². The molecule has 20 heavy (non-hydrogen) atoms. The number of carbonyl (C=O) groups is 2. The Hall–Kier alpha value is -2.11. The highest BCUT2D eigenvalue weighted by molar-refractivity contribution is 5.94. The van der Waals surface area contributed by atoms with Crippen LogP contribution in [0.15, 0.2) is 18.3 Å². The number of hydrogen-bond donors (Lipinski definition) is 2. The molecule has 1 aromatic heterocycles. The Balaban J connectivity index is 1.82. The van der Waals surface area contributed by atoms with Crippen LogP contribution in [0, 0.1) is 0 Å². The summed E-state index contributed by atoms with van der Waals surface area (Å²) in [6.45, 7) is 0.340. The van der Waals surface area contributed by atoms with Gasteiger partial charge in [0.15, 0.2) is 0 Å². The average molecular weight is 278 g/mol. The Kier molecular flexibility index (Phi) is 4.92. The van der Waals surface area contributed by atoms with Gasteiger partial charge >= 0.3 is 5.97 Å². The van der Waals surface area contributed by atoms with Gasteiger partial charge in [-0.1, -0.05) is 0 Å². The van der Waals surface area contributed by atoms with Gasteiger partial charge in [0.05, 0.1) is 0 Å². The fourth-order valence-electron chi connectivity index (χ4n) is 1.82. The molecule has 0 radical (unpaired) electrons. The van der Waals surface area contributed by atoms with Crippen molar-refractivity contribution in [1.82, 2.24) is 10.3 Å². The molecular weight excluding hydrogens is 260 g/mol. The number of aromatic nitrogens is 1. The van der Waals surface area contributed by atoms with Crippen molar-refractivity contribution < 1.29 is 19.4 Å². The Morgan fingerprint density at radius 3 is 2.90 bits per heavy atom. The third-order valence-corrected chi connectivity index (χ3v) is 3.19. The Bertz CT molecular complexity index is 486. The van der Waals surface area contributed by atoms with E-state index in [1.54, 1.807) is 18.3 Å². The van der Waals surface area contributed by atoms with E-state index in [9.17, 15) is 9.59 Å². The molecule has 108 valence electrons. The molecule has 1 aliphatic carbocycles. The molecule has 1 amide bonds. The molecule has 0 spiro atoms. The quantitative estimate of drug-likeness (QED) is 0.740. The fraction of sp³-hybridized carbons (Fsp3) is 0.500. The monoisotopic (exact) mass is 278 g/mol. The smallest absolute Gasteiger partial charge is 0.303 e. The minimum atomic E-state index is -0.862. The van der Waals surface area contributed by atoms with Crippen LogP contribution in [0.25, 0.3) is 0 Å². The van der Waals surface area contributed by atoms with Crippen LogP contribution in [0.3, 0.4) is 0 Å². The van der Waals surface area contributed by atoms with E-state index in [-0.39, 0.29) is 18.4 Å². The van der Waals surface area contributed by atoms with E-state index in [1.807, 2.05) is 0 Å². The van der Waals surface area contributed by atoms with E-state index in [4.69, 9.17) is 9.84 Å². The van der Waals surface area contributed by atoms with Gasteiger partial charge in [-0.2, -0.15) is 0 Å². The molecule has 1 fully saturated rings. The normalized spacial score (nSPS) is 14.4. The van der Waals surface area contributed by atoms with Crippen molar-refractivity contribution >= 4 is 11.9 Å². The molecule has 1 aliphatic rings. The molecule has 1 aromatic rings. The highest BCUT2D eigenvalue weighted by Gasteiger charge is 2.20. The van der Waals surface area contributed by atoms with Crippen LogP contribution in [-0.4, -0.2) is 34.6 Å². The molecule has 1 saturated carbocycles. The van der Waals surface area contributed by atoms with E-state index in [0.717, 1.165) is 12.8 Å². The van der Waals surface area contributed by atoms with E-state index in [0.29, 0.717) is 24.4 Å². The van der Waals surface area contributed by atoms with Crippen LogP contribution >= 0.6 is 0 Å². The summed E-state index contributed by atoms with van der Waals surface area (Å²) in [6, 6.07) is 3.23. The first kappa shape index (κ1) is 14.3. The molecule has 0 unspecified atom stereocenters. The summed E-state index contributed by atoms with van der Waals surface area (Å²) >= 11 is 0. The minimum absolute atomic E-state index is 0.0483. The van der Waals surface area contributed by atoms with Gasteiger partial charge in [0.25, 0.3) is 5.91 Å². The van der Waals surface area contributed by atoms with Gasteiger partial charge in [-0.15, -0.1) is 0 Å². The SMILES string of the molecule is O=C(O)CCCNC(=O)c1ccnc(OC2CCC2)c1. The average Bonchev–Trinajstić information content (AvgIpc) is 2.39. The maximum atomic E-state index is 11.9. The number of pyridine rings is 1.